The van der Waals surface area contributed by atoms with Crippen molar-refractivity contribution in [3.8, 4) is 0 Å². The average molecular weight is 198 g/mol. The van der Waals surface area contributed by atoms with Crippen molar-refractivity contribution in [1.82, 2.24) is 4.90 Å². The van der Waals surface area contributed by atoms with Gasteiger partial charge in [-0.15, -0.1) is 0 Å². The van der Waals surface area contributed by atoms with Gasteiger partial charge in [0.25, 0.3) is 0 Å². The SMILES string of the molecule is CC(C)CC(C)N1CCC(C(C)N)C1. The molecule has 1 saturated heterocycles. The Labute approximate surface area is 88.8 Å². The second kappa shape index (κ2) is 5.13. The summed E-state index contributed by atoms with van der Waals surface area (Å²) in [6.07, 6.45) is 2.60. The highest BCUT2D eigenvalue weighted by Crippen LogP contribution is 2.23. The first-order valence-corrected chi connectivity index (χ1v) is 6.00. The average Bonchev–Trinajstić information content (AvgIpc) is 2.50. The molecule has 1 heterocycles. The van der Waals surface area contributed by atoms with Crippen molar-refractivity contribution in [3.63, 3.8) is 0 Å². The monoisotopic (exact) mass is 198 g/mol. The van der Waals surface area contributed by atoms with Crippen LogP contribution in [0, 0.1) is 11.8 Å². The Morgan fingerprint density at radius 2 is 1.93 bits per heavy atom. The Balaban J connectivity index is 2.34. The fourth-order valence-corrected chi connectivity index (χ4v) is 2.48. The van der Waals surface area contributed by atoms with Crippen LogP contribution < -0.4 is 5.73 Å². The number of hydrogen-bond donors (Lipinski definition) is 1. The smallest absolute Gasteiger partial charge is 0.00694 e. The van der Waals surface area contributed by atoms with Crippen LogP contribution in [0.3, 0.4) is 0 Å². The number of hydrogen-bond acceptors (Lipinski definition) is 2. The van der Waals surface area contributed by atoms with E-state index in [-0.39, 0.29) is 0 Å². The lowest BCUT2D eigenvalue weighted by Crippen LogP contribution is -2.34. The molecule has 1 aliphatic heterocycles. The Morgan fingerprint density at radius 3 is 2.36 bits per heavy atom. The standard InChI is InChI=1S/C12H26N2/c1-9(2)7-10(3)14-6-5-12(8-14)11(4)13/h9-12H,5-8,13H2,1-4H3. The Bertz CT molecular complexity index is 166. The van der Waals surface area contributed by atoms with Crippen molar-refractivity contribution in [2.45, 2.75) is 52.6 Å². The molecule has 1 aliphatic rings. The zero-order valence-electron chi connectivity index (χ0n) is 10.2. The summed E-state index contributed by atoms with van der Waals surface area (Å²) in [6, 6.07) is 1.10. The zero-order chi connectivity index (χ0) is 10.7. The molecule has 1 fully saturated rings. The maximum Gasteiger partial charge on any atom is 0.00694 e. The highest BCUT2D eigenvalue weighted by molar-refractivity contribution is 4.83. The van der Waals surface area contributed by atoms with E-state index < -0.39 is 0 Å². The minimum atomic E-state index is 0.367. The summed E-state index contributed by atoms with van der Waals surface area (Å²) in [5, 5.41) is 0. The second-order valence-corrected chi connectivity index (χ2v) is 5.38. The number of nitrogens with zero attached hydrogens (tertiary/aromatic N) is 1. The van der Waals surface area contributed by atoms with Gasteiger partial charge in [0.2, 0.25) is 0 Å². The summed E-state index contributed by atoms with van der Waals surface area (Å²) >= 11 is 0. The molecule has 0 aromatic carbocycles. The van der Waals surface area contributed by atoms with Gasteiger partial charge in [-0.2, -0.15) is 0 Å². The molecule has 3 atom stereocenters. The van der Waals surface area contributed by atoms with Crippen LogP contribution in [-0.2, 0) is 0 Å². The maximum absolute atomic E-state index is 5.93. The van der Waals surface area contributed by atoms with Crippen LogP contribution in [-0.4, -0.2) is 30.1 Å². The lowest BCUT2D eigenvalue weighted by atomic mass is 10.0. The van der Waals surface area contributed by atoms with Crippen LogP contribution in [0.2, 0.25) is 0 Å². The number of likely N-dealkylation sites (tertiary alicyclic amines) is 1. The third-order valence-electron chi connectivity index (χ3n) is 3.44. The van der Waals surface area contributed by atoms with Crippen LogP contribution >= 0.6 is 0 Å². The first kappa shape index (κ1) is 12.0. The predicted octanol–water partition coefficient (Wildman–Crippen LogP) is 2.09. The van der Waals surface area contributed by atoms with Crippen molar-refractivity contribution in [2.24, 2.45) is 17.6 Å². The van der Waals surface area contributed by atoms with Crippen LogP contribution in [0.4, 0.5) is 0 Å². The van der Waals surface area contributed by atoms with E-state index in [0.717, 1.165) is 17.9 Å². The molecule has 14 heavy (non-hydrogen) atoms. The highest BCUT2D eigenvalue weighted by Gasteiger charge is 2.28. The van der Waals surface area contributed by atoms with Crippen molar-refractivity contribution in [1.29, 1.82) is 0 Å². The maximum atomic E-state index is 5.93. The van der Waals surface area contributed by atoms with Crippen molar-refractivity contribution >= 4 is 0 Å². The van der Waals surface area contributed by atoms with E-state index in [9.17, 15) is 0 Å². The minimum absolute atomic E-state index is 0.367. The molecular weight excluding hydrogens is 172 g/mol. The molecule has 0 radical (unpaired) electrons. The Kier molecular flexibility index (Phi) is 4.39. The van der Waals surface area contributed by atoms with Gasteiger partial charge in [0.1, 0.15) is 0 Å². The normalized spacial score (nSPS) is 28.3. The topological polar surface area (TPSA) is 29.3 Å². The second-order valence-electron chi connectivity index (χ2n) is 5.38. The summed E-state index contributed by atoms with van der Waals surface area (Å²) in [5.74, 6) is 1.53. The molecule has 3 unspecified atom stereocenters. The summed E-state index contributed by atoms with van der Waals surface area (Å²) in [6.45, 7) is 11.6. The molecule has 0 spiro atoms. The molecule has 2 N–H and O–H groups in total. The zero-order valence-corrected chi connectivity index (χ0v) is 10.2. The summed E-state index contributed by atoms with van der Waals surface area (Å²) in [5.41, 5.74) is 5.93. The van der Waals surface area contributed by atoms with Crippen molar-refractivity contribution in [2.75, 3.05) is 13.1 Å². The summed E-state index contributed by atoms with van der Waals surface area (Å²) in [7, 11) is 0. The largest absolute Gasteiger partial charge is 0.328 e. The Hall–Kier alpha value is -0.0800. The number of rotatable bonds is 4. The lowest BCUT2D eigenvalue weighted by molar-refractivity contribution is 0.218. The van der Waals surface area contributed by atoms with E-state index in [1.807, 2.05) is 0 Å². The lowest BCUT2D eigenvalue weighted by Gasteiger charge is -2.26. The van der Waals surface area contributed by atoms with Gasteiger partial charge in [0.05, 0.1) is 0 Å². The van der Waals surface area contributed by atoms with Gasteiger partial charge >= 0.3 is 0 Å². The fourth-order valence-electron chi connectivity index (χ4n) is 2.48. The van der Waals surface area contributed by atoms with Gasteiger partial charge < -0.3 is 10.6 Å². The van der Waals surface area contributed by atoms with Gasteiger partial charge in [-0.05, 0) is 45.1 Å². The van der Waals surface area contributed by atoms with Crippen LogP contribution in [0.15, 0.2) is 0 Å². The first-order chi connectivity index (χ1) is 6.50. The quantitative estimate of drug-likeness (QED) is 0.749. The van der Waals surface area contributed by atoms with E-state index in [2.05, 4.69) is 32.6 Å². The van der Waals surface area contributed by atoms with Crippen LogP contribution in [0.5, 0.6) is 0 Å². The van der Waals surface area contributed by atoms with Crippen molar-refractivity contribution in [3.05, 3.63) is 0 Å². The number of nitrogens with two attached hydrogens (primary N) is 1. The van der Waals surface area contributed by atoms with Gasteiger partial charge in [-0.1, -0.05) is 13.8 Å². The first-order valence-electron chi connectivity index (χ1n) is 6.00. The summed E-state index contributed by atoms with van der Waals surface area (Å²) in [4.78, 5) is 2.61. The van der Waals surface area contributed by atoms with Gasteiger partial charge in [-0.25, -0.2) is 0 Å². The van der Waals surface area contributed by atoms with E-state index in [1.54, 1.807) is 0 Å². The highest BCUT2D eigenvalue weighted by atomic mass is 15.2. The van der Waals surface area contributed by atoms with Gasteiger partial charge in [0.15, 0.2) is 0 Å². The van der Waals surface area contributed by atoms with E-state index in [0.29, 0.717) is 6.04 Å². The van der Waals surface area contributed by atoms with E-state index in [1.165, 1.54) is 25.9 Å². The molecule has 1 rings (SSSR count). The molecule has 0 bridgehead atoms. The Morgan fingerprint density at radius 1 is 1.29 bits per heavy atom. The predicted molar refractivity (Wildman–Crippen MR) is 62.2 cm³/mol. The molecule has 0 saturated carbocycles. The third-order valence-corrected chi connectivity index (χ3v) is 3.44. The minimum Gasteiger partial charge on any atom is -0.328 e. The molecule has 84 valence electrons. The van der Waals surface area contributed by atoms with Crippen LogP contribution in [0.1, 0.15) is 40.5 Å². The van der Waals surface area contributed by atoms with E-state index >= 15 is 0 Å². The van der Waals surface area contributed by atoms with Crippen molar-refractivity contribution < 1.29 is 0 Å². The third kappa shape index (κ3) is 3.25. The molecule has 0 aromatic heterocycles. The molecule has 2 heteroatoms. The molecular formula is C12H26N2. The molecule has 0 aliphatic carbocycles. The fraction of sp³-hybridized carbons (Fsp3) is 1.00. The van der Waals surface area contributed by atoms with Crippen LogP contribution in [0.25, 0.3) is 0 Å². The molecule has 0 amide bonds. The summed E-state index contributed by atoms with van der Waals surface area (Å²) < 4.78 is 0. The molecule has 2 nitrogen and oxygen atoms in total. The van der Waals surface area contributed by atoms with Gasteiger partial charge in [-0.3, -0.25) is 0 Å². The van der Waals surface area contributed by atoms with E-state index in [4.69, 9.17) is 5.73 Å². The van der Waals surface area contributed by atoms with Gasteiger partial charge in [0, 0.05) is 18.6 Å². The molecule has 0 aromatic rings.